The average Bonchev–Trinajstić information content (AvgIpc) is 2.19. The van der Waals surface area contributed by atoms with Crippen LogP contribution in [0.3, 0.4) is 0 Å². The molecule has 1 aromatic heterocycles. The molecule has 0 aromatic carbocycles. The van der Waals surface area contributed by atoms with Crippen LogP contribution in [0.2, 0.25) is 5.28 Å². The van der Waals surface area contributed by atoms with Crippen LogP contribution < -0.4 is 5.32 Å². The van der Waals surface area contributed by atoms with Crippen molar-refractivity contribution in [2.45, 2.75) is 27.2 Å². The van der Waals surface area contributed by atoms with Crippen molar-refractivity contribution < 1.29 is 5.11 Å². The van der Waals surface area contributed by atoms with E-state index in [2.05, 4.69) is 29.1 Å². The summed E-state index contributed by atoms with van der Waals surface area (Å²) in [6.07, 6.45) is 2.44. The molecule has 0 bridgehead atoms. The van der Waals surface area contributed by atoms with Gasteiger partial charge in [-0.25, -0.2) is 9.97 Å². The number of aryl methyl sites for hydroxylation is 1. The average molecular weight is 244 g/mol. The molecule has 0 fully saturated rings. The minimum Gasteiger partial charge on any atom is -0.396 e. The number of aliphatic hydroxyl groups excluding tert-OH is 1. The zero-order valence-corrected chi connectivity index (χ0v) is 10.7. The first-order valence-corrected chi connectivity index (χ1v) is 5.66. The van der Waals surface area contributed by atoms with Crippen LogP contribution in [0, 0.1) is 12.3 Å². The number of hydrogen-bond acceptors (Lipinski definition) is 4. The van der Waals surface area contributed by atoms with Crippen molar-refractivity contribution in [3.05, 3.63) is 17.0 Å². The number of anilines is 1. The number of aliphatic hydroxyl groups is 1. The molecule has 0 atom stereocenters. The fourth-order valence-electron chi connectivity index (χ4n) is 1.31. The summed E-state index contributed by atoms with van der Waals surface area (Å²) in [6.45, 7) is 7.04. The zero-order chi connectivity index (χ0) is 12.2. The van der Waals surface area contributed by atoms with Crippen LogP contribution in [0.4, 0.5) is 5.82 Å². The van der Waals surface area contributed by atoms with Crippen LogP contribution in [0.25, 0.3) is 0 Å². The molecular formula is C11H18ClN3O. The van der Waals surface area contributed by atoms with Crippen LogP contribution in [0.5, 0.6) is 0 Å². The molecule has 0 aliphatic heterocycles. The second kappa shape index (κ2) is 5.46. The lowest BCUT2D eigenvalue weighted by atomic mass is 9.90. The standard InChI is InChI=1S/C11H18ClN3O/c1-8-6-13-10(12)15-9(8)14-7-11(2,3)4-5-16/h6,16H,4-5,7H2,1-3H3,(H,13,14,15). The molecule has 0 aliphatic carbocycles. The highest BCUT2D eigenvalue weighted by Gasteiger charge is 2.17. The predicted molar refractivity (Wildman–Crippen MR) is 65.8 cm³/mol. The van der Waals surface area contributed by atoms with E-state index in [1.807, 2.05) is 6.92 Å². The molecule has 90 valence electrons. The van der Waals surface area contributed by atoms with Gasteiger partial charge in [-0.15, -0.1) is 0 Å². The normalized spacial score (nSPS) is 11.6. The fourth-order valence-corrected chi connectivity index (χ4v) is 1.45. The van der Waals surface area contributed by atoms with Crippen molar-refractivity contribution in [3.63, 3.8) is 0 Å². The molecule has 2 N–H and O–H groups in total. The highest BCUT2D eigenvalue weighted by atomic mass is 35.5. The Bertz CT molecular complexity index is 355. The van der Waals surface area contributed by atoms with E-state index in [0.717, 1.165) is 24.3 Å². The monoisotopic (exact) mass is 243 g/mol. The number of hydrogen-bond donors (Lipinski definition) is 2. The first-order chi connectivity index (χ1) is 7.44. The van der Waals surface area contributed by atoms with Gasteiger partial charge in [0.05, 0.1) is 0 Å². The fraction of sp³-hybridized carbons (Fsp3) is 0.636. The summed E-state index contributed by atoms with van der Waals surface area (Å²) >= 11 is 5.73. The number of halogens is 1. The summed E-state index contributed by atoms with van der Waals surface area (Å²) in [5, 5.41) is 12.4. The van der Waals surface area contributed by atoms with E-state index in [1.54, 1.807) is 6.20 Å². The van der Waals surface area contributed by atoms with Gasteiger partial charge in [-0.05, 0) is 30.4 Å². The number of rotatable bonds is 5. The molecule has 1 rings (SSSR count). The lowest BCUT2D eigenvalue weighted by Gasteiger charge is -2.24. The summed E-state index contributed by atoms with van der Waals surface area (Å²) in [4.78, 5) is 8.01. The molecule has 0 unspecified atom stereocenters. The Morgan fingerprint density at radius 2 is 2.19 bits per heavy atom. The number of nitrogens with zero attached hydrogens (tertiary/aromatic N) is 2. The van der Waals surface area contributed by atoms with Gasteiger partial charge in [0.2, 0.25) is 5.28 Å². The Hall–Kier alpha value is -0.870. The summed E-state index contributed by atoms with van der Waals surface area (Å²) < 4.78 is 0. The van der Waals surface area contributed by atoms with Gasteiger partial charge >= 0.3 is 0 Å². The maximum absolute atomic E-state index is 8.92. The van der Waals surface area contributed by atoms with Crippen molar-refractivity contribution in [3.8, 4) is 0 Å². The van der Waals surface area contributed by atoms with Gasteiger partial charge in [-0.1, -0.05) is 13.8 Å². The first-order valence-electron chi connectivity index (χ1n) is 5.28. The smallest absolute Gasteiger partial charge is 0.224 e. The van der Waals surface area contributed by atoms with Crippen LogP contribution >= 0.6 is 11.6 Å². The van der Waals surface area contributed by atoms with E-state index < -0.39 is 0 Å². The molecule has 1 heterocycles. The Labute approximate surface area is 101 Å². The van der Waals surface area contributed by atoms with Gasteiger partial charge < -0.3 is 10.4 Å². The van der Waals surface area contributed by atoms with Crippen molar-refractivity contribution in [2.24, 2.45) is 5.41 Å². The maximum Gasteiger partial charge on any atom is 0.224 e. The second-order valence-corrected chi connectivity index (χ2v) is 5.00. The van der Waals surface area contributed by atoms with Crippen LogP contribution in [-0.4, -0.2) is 28.2 Å². The van der Waals surface area contributed by atoms with E-state index in [9.17, 15) is 0 Å². The van der Waals surface area contributed by atoms with E-state index in [-0.39, 0.29) is 17.3 Å². The highest BCUT2D eigenvalue weighted by molar-refractivity contribution is 6.28. The number of nitrogens with one attached hydrogen (secondary N) is 1. The van der Waals surface area contributed by atoms with Crippen molar-refractivity contribution in [1.82, 2.24) is 9.97 Å². The van der Waals surface area contributed by atoms with E-state index in [1.165, 1.54) is 0 Å². The first kappa shape index (κ1) is 13.2. The minimum absolute atomic E-state index is 0.0264. The lowest BCUT2D eigenvalue weighted by molar-refractivity contribution is 0.220. The predicted octanol–water partition coefficient (Wildman–Crippen LogP) is 2.26. The highest BCUT2D eigenvalue weighted by Crippen LogP contribution is 2.21. The Morgan fingerprint density at radius 1 is 1.50 bits per heavy atom. The van der Waals surface area contributed by atoms with Gasteiger partial charge in [0.15, 0.2) is 0 Å². The van der Waals surface area contributed by atoms with Crippen molar-refractivity contribution in [1.29, 1.82) is 0 Å². The molecule has 16 heavy (non-hydrogen) atoms. The molecular weight excluding hydrogens is 226 g/mol. The largest absolute Gasteiger partial charge is 0.396 e. The second-order valence-electron chi connectivity index (χ2n) is 4.66. The Kier molecular flexibility index (Phi) is 4.50. The quantitative estimate of drug-likeness (QED) is 0.779. The van der Waals surface area contributed by atoms with Crippen LogP contribution in [0.1, 0.15) is 25.8 Å². The topological polar surface area (TPSA) is 58.0 Å². The van der Waals surface area contributed by atoms with Crippen LogP contribution in [-0.2, 0) is 0 Å². The third-order valence-electron chi connectivity index (χ3n) is 2.47. The Morgan fingerprint density at radius 3 is 2.81 bits per heavy atom. The van der Waals surface area contributed by atoms with E-state index >= 15 is 0 Å². The van der Waals surface area contributed by atoms with Gasteiger partial charge in [-0.2, -0.15) is 0 Å². The molecule has 0 saturated carbocycles. The minimum atomic E-state index is 0.0264. The summed E-state index contributed by atoms with van der Waals surface area (Å²) in [7, 11) is 0. The Balaban J connectivity index is 2.63. The number of aromatic nitrogens is 2. The lowest BCUT2D eigenvalue weighted by Crippen LogP contribution is -2.25. The molecule has 5 heteroatoms. The molecule has 0 aliphatic rings. The molecule has 1 aromatic rings. The van der Waals surface area contributed by atoms with Gasteiger partial charge in [-0.3, -0.25) is 0 Å². The van der Waals surface area contributed by atoms with Gasteiger partial charge in [0, 0.05) is 24.9 Å². The molecule has 0 amide bonds. The molecule has 0 radical (unpaired) electrons. The van der Waals surface area contributed by atoms with Crippen molar-refractivity contribution >= 4 is 17.4 Å². The molecule has 0 saturated heterocycles. The van der Waals surface area contributed by atoms with E-state index in [0.29, 0.717) is 0 Å². The van der Waals surface area contributed by atoms with Gasteiger partial charge in [0.1, 0.15) is 5.82 Å². The zero-order valence-electron chi connectivity index (χ0n) is 9.92. The third kappa shape index (κ3) is 3.94. The SMILES string of the molecule is Cc1cnc(Cl)nc1NCC(C)(C)CCO. The summed E-state index contributed by atoms with van der Waals surface area (Å²) in [6, 6.07) is 0. The van der Waals surface area contributed by atoms with Crippen molar-refractivity contribution in [2.75, 3.05) is 18.5 Å². The van der Waals surface area contributed by atoms with Gasteiger partial charge in [0.25, 0.3) is 0 Å². The van der Waals surface area contributed by atoms with E-state index in [4.69, 9.17) is 16.7 Å². The molecule has 0 spiro atoms. The summed E-state index contributed by atoms with van der Waals surface area (Å²) in [5.41, 5.74) is 0.989. The third-order valence-corrected chi connectivity index (χ3v) is 2.65. The van der Waals surface area contributed by atoms with Crippen LogP contribution in [0.15, 0.2) is 6.20 Å². The molecule has 4 nitrogen and oxygen atoms in total. The maximum atomic E-state index is 8.92. The summed E-state index contributed by atoms with van der Waals surface area (Å²) in [5.74, 6) is 0.756.